The maximum Gasteiger partial charge on any atom is 0.123 e. The van der Waals surface area contributed by atoms with Crippen molar-refractivity contribution >= 4 is 0 Å². The molecule has 1 saturated carbocycles. The van der Waals surface area contributed by atoms with E-state index in [1.807, 2.05) is 6.07 Å². The van der Waals surface area contributed by atoms with Crippen molar-refractivity contribution in [3.8, 4) is 0 Å². The molecule has 1 atom stereocenters. The van der Waals surface area contributed by atoms with Gasteiger partial charge in [0.15, 0.2) is 0 Å². The van der Waals surface area contributed by atoms with Crippen molar-refractivity contribution in [3.63, 3.8) is 0 Å². The first kappa shape index (κ1) is 12.6. The van der Waals surface area contributed by atoms with Crippen LogP contribution in [0.15, 0.2) is 24.3 Å². The Balaban J connectivity index is 1.90. The lowest BCUT2D eigenvalue weighted by Crippen LogP contribution is -2.32. The highest BCUT2D eigenvalue weighted by molar-refractivity contribution is 5.17. The summed E-state index contributed by atoms with van der Waals surface area (Å²) in [5, 5.41) is 3.59. The standard InChI is InChI=1S/C15H22FN/c1-2-8-17-15(10-12-6-7-12)11-13-4-3-5-14(16)9-13/h3-5,9,12,15,17H,2,6-8,10-11H2,1H3. The van der Waals surface area contributed by atoms with Gasteiger partial charge in [0.1, 0.15) is 5.82 Å². The van der Waals surface area contributed by atoms with Gasteiger partial charge in [-0.15, -0.1) is 0 Å². The lowest BCUT2D eigenvalue weighted by Gasteiger charge is -2.18. The van der Waals surface area contributed by atoms with Gasteiger partial charge in [0.05, 0.1) is 0 Å². The number of benzene rings is 1. The first-order valence-corrected chi connectivity index (χ1v) is 6.75. The normalized spacial score (nSPS) is 17.1. The zero-order valence-corrected chi connectivity index (χ0v) is 10.6. The van der Waals surface area contributed by atoms with E-state index < -0.39 is 0 Å². The third-order valence-corrected chi connectivity index (χ3v) is 3.37. The smallest absolute Gasteiger partial charge is 0.123 e. The maximum absolute atomic E-state index is 13.1. The topological polar surface area (TPSA) is 12.0 Å². The van der Waals surface area contributed by atoms with Gasteiger partial charge in [-0.2, -0.15) is 0 Å². The lowest BCUT2D eigenvalue weighted by molar-refractivity contribution is 0.454. The number of hydrogen-bond acceptors (Lipinski definition) is 1. The van der Waals surface area contributed by atoms with Gasteiger partial charge in [0.2, 0.25) is 0 Å². The summed E-state index contributed by atoms with van der Waals surface area (Å²) in [6.07, 6.45) is 6.12. The minimum atomic E-state index is -0.122. The van der Waals surface area contributed by atoms with Gasteiger partial charge in [0.25, 0.3) is 0 Å². The predicted octanol–water partition coefficient (Wildman–Crippen LogP) is 3.54. The highest BCUT2D eigenvalue weighted by Crippen LogP contribution is 2.34. The lowest BCUT2D eigenvalue weighted by atomic mass is 10.0. The summed E-state index contributed by atoms with van der Waals surface area (Å²) < 4.78 is 13.1. The van der Waals surface area contributed by atoms with Crippen LogP contribution in [0.25, 0.3) is 0 Å². The molecule has 1 aromatic rings. The molecule has 94 valence electrons. The van der Waals surface area contributed by atoms with Crippen LogP contribution in [0, 0.1) is 11.7 Å². The summed E-state index contributed by atoms with van der Waals surface area (Å²) in [7, 11) is 0. The highest BCUT2D eigenvalue weighted by atomic mass is 19.1. The average molecular weight is 235 g/mol. The molecule has 1 N–H and O–H groups in total. The van der Waals surface area contributed by atoms with E-state index in [2.05, 4.69) is 12.2 Å². The number of nitrogens with one attached hydrogen (secondary N) is 1. The van der Waals surface area contributed by atoms with E-state index in [9.17, 15) is 4.39 Å². The molecule has 0 saturated heterocycles. The Morgan fingerprint density at radius 2 is 2.24 bits per heavy atom. The van der Waals surface area contributed by atoms with Gasteiger partial charge in [-0.1, -0.05) is 31.9 Å². The fourth-order valence-corrected chi connectivity index (χ4v) is 2.29. The van der Waals surface area contributed by atoms with Crippen LogP contribution in [-0.2, 0) is 6.42 Å². The van der Waals surface area contributed by atoms with E-state index in [0.29, 0.717) is 6.04 Å². The number of rotatable bonds is 7. The van der Waals surface area contributed by atoms with Gasteiger partial charge < -0.3 is 5.32 Å². The Hall–Kier alpha value is -0.890. The minimum Gasteiger partial charge on any atom is -0.314 e. The fraction of sp³-hybridized carbons (Fsp3) is 0.600. The van der Waals surface area contributed by atoms with Gasteiger partial charge in [-0.25, -0.2) is 4.39 Å². The second kappa shape index (κ2) is 6.15. The van der Waals surface area contributed by atoms with E-state index in [0.717, 1.165) is 30.9 Å². The molecule has 0 aliphatic heterocycles. The second-order valence-electron chi connectivity index (χ2n) is 5.16. The zero-order valence-electron chi connectivity index (χ0n) is 10.6. The summed E-state index contributed by atoms with van der Waals surface area (Å²) in [6, 6.07) is 7.52. The molecule has 0 radical (unpaired) electrons. The zero-order chi connectivity index (χ0) is 12.1. The highest BCUT2D eigenvalue weighted by Gasteiger charge is 2.25. The molecule has 1 aliphatic carbocycles. The van der Waals surface area contributed by atoms with Crippen LogP contribution in [-0.4, -0.2) is 12.6 Å². The molecule has 0 spiro atoms. The monoisotopic (exact) mass is 235 g/mol. The van der Waals surface area contributed by atoms with Gasteiger partial charge in [0, 0.05) is 6.04 Å². The predicted molar refractivity (Wildman–Crippen MR) is 69.5 cm³/mol. The van der Waals surface area contributed by atoms with Crippen molar-refractivity contribution in [2.75, 3.05) is 6.54 Å². The van der Waals surface area contributed by atoms with Crippen molar-refractivity contribution in [1.82, 2.24) is 5.32 Å². The van der Waals surface area contributed by atoms with Crippen molar-refractivity contribution in [1.29, 1.82) is 0 Å². The summed E-state index contributed by atoms with van der Waals surface area (Å²) >= 11 is 0. The third-order valence-electron chi connectivity index (χ3n) is 3.37. The molecule has 0 aromatic heterocycles. The molecular weight excluding hydrogens is 213 g/mol. The number of halogens is 1. The largest absolute Gasteiger partial charge is 0.314 e. The second-order valence-corrected chi connectivity index (χ2v) is 5.16. The van der Waals surface area contributed by atoms with E-state index in [-0.39, 0.29) is 5.82 Å². The van der Waals surface area contributed by atoms with Crippen molar-refractivity contribution in [2.24, 2.45) is 5.92 Å². The average Bonchev–Trinajstić information content (AvgIpc) is 3.10. The van der Waals surface area contributed by atoms with Gasteiger partial charge in [-0.3, -0.25) is 0 Å². The Labute approximate surface area is 103 Å². The molecule has 2 rings (SSSR count). The molecule has 1 fully saturated rings. The molecule has 1 unspecified atom stereocenters. The van der Waals surface area contributed by atoms with Crippen molar-refractivity contribution in [2.45, 2.75) is 45.1 Å². The van der Waals surface area contributed by atoms with E-state index in [1.165, 1.54) is 25.3 Å². The Bertz CT molecular complexity index is 347. The Kier molecular flexibility index (Phi) is 4.55. The Morgan fingerprint density at radius 3 is 2.88 bits per heavy atom. The molecule has 0 heterocycles. The molecular formula is C15H22FN. The van der Waals surface area contributed by atoms with Gasteiger partial charge >= 0.3 is 0 Å². The van der Waals surface area contributed by atoms with Crippen LogP contribution < -0.4 is 5.32 Å². The molecule has 0 amide bonds. The minimum absolute atomic E-state index is 0.122. The molecule has 0 bridgehead atoms. The first-order chi connectivity index (χ1) is 8.28. The summed E-state index contributed by atoms with van der Waals surface area (Å²) in [5.41, 5.74) is 1.11. The van der Waals surface area contributed by atoms with Crippen LogP contribution in [0.2, 0.25) is 0 Å². The SMILES string of the molecule is CCCNC(Cc1cccc(F)c1)CC1CC1. The van der Waals surface area contributed by atoms with Crippen molar-refractivity contribution in [3.05, 3.63) is 35.6 Å². The van der Waals surface area contributed by atoms with Crippen LogP contribution in [0.1, 0.15) is 38.2 Å². The summed E-state index contributed by atoms with van der Waals surface area (Å²) in [4.78, 5) is 0. The molecule has 17 heavy (non-hydrogen) atoms. The maximum atomic E-state index is 13.1. The van der Waals surface area contributed by atoms with Crippen molar-refractivity contribution < 1.29 is 4.39 Å². The quantitative estimate of drug-likeness (QED) is 0.762. The van der Waals surface area contributed by atoms with E-state index >= 15 is 0 Å². The van der Waals surface area contributed by atoms with Crippen LogP contribution in [0.5, 0.6) is 0 Å². The van der Waals surface area contributed by atoms with Crippen LogP contribution in [0.4, 0.5) is 4.39 Å². The van der Waals surface area contributed by atoms with E-state index in [1.54, 1.807) is 12.1 Å². The molecule has 1 nitrogen and oxygen atoms in total. The fourth-order valence-electron chi connectivity index (χ4n) is 2.29. The van der Waals surface area contributed by atoms with E-state index in [4.69, 9.17) is 0 Å². The summed E-state index contributed by atoms with van der Waals surface area (Å²) in [5.74, 6) is 0.793. The number of hydrogen-bond donors (Lipinski definition) is 1. The van der Waals surface area contributed by atoms with Gasteiger partial charge in [-0.05, 0) is 49.4 Å². The summed E-state index contributed by atoms with van der Waals surface area (Å²) in [6.45, 7) is 3.25. The van der Waals surface area contributed by atoms with Crippen LogP contribution >= 0.6 is 0 Å². The third kappa shape index (κ3) is 4.47. The molecule has 1 aromatic carbocycles. The molecule has 2 heteroatoms. The first-order valence-electron chi connectivity index (χ1n) is 6.75. The van der Waals surface area contributed by atoms with Crippen LogP contribution in [0.3, 0.4) is 0 Å². The Morgan fingerprint density at radius 1 is 1.41 bits per heavy atom. The molecule has 1 aliphatic rings.